The molecule has 0 heterocycles. The van der Waals surface area contributed by atoms with Gasteiger partial charge in [-0.05, 0) is 54.3 Å². The van der Waals surface area contributed by atoms with E-state index < -0.39 is 16.1 Å². The average Bonchev–Trinajstić information content (AvgIpc) is 2.93. The Morgan fingerprint density at radius 3 is 2.18 bits per heavy atom. The first-order valence-electron chi connectivity index (χ1n) is 12.8. The summed E-state index contributed by atoms with van der Waals surface area (Å²) in [6.07, 6.45) is 1.87. The Kier molecular flexibility index (Phi) is 10.5. The molecule has 0 bridgehead atoms. The first-order valence-corrected chi connectivity index (χ1v) is 14.7. The minimum absolute atomic E-state index is 0.0797. The van der Waals surface area contributed by atoms with Gasteiger partial charge in [-0.2, -0.15) is 0 Å². The van der Waals surface area contributed by atoms with Crippen molar-refractivity contribution in [3.05, 3.63) is 95.6 Å². The minimum atomic E-state index is -3.58. The Balaban J connectivity index is 1.84. The lowest BCUT2D eigenvalue weighted by Gasteiger charge is -2.32. The van der Waals surface area contributed by atoms with Crippen molar-refractivity contribution in [2.45, 2.75) is 38.8 Å². The maximum Gasteiger partial charge on any atom is 0.242 e. The summed E-state index contributed by atoms with van der Waals surface area (Å²) < 4.78 is 31.6. The quantitative estimate of drug-likeness (QED) is 0.347. The number of carbonyl (C=O) groups excluding carboxylic acids is 2. The molecule has 208 valence electrons. The second-order valence-electron chi connectivity index (χ2n) is 9.40. The highest BCUT2D eigenvalue weighted by Gasteiger charge is 2.30. The lowest BCUT2D eigenvalue weighted by Crippen LogP contribution is -2.50. The summed E-state index contributed by atoms with van der Waals surface area (Å²) >= 11 is 0. The van der Waals surface area contributed by atoms with Crippen LogP contribution in [0, 0.1) is 6.92 Å². The van der Waals surface area contributed by atoms with Crippen molar-refractivity contribution in [3.8, 4) is 5.75 Å². The highest BCUT2D eigenvalue weighted by atomic mass is 32.2. The van der Waals surface area contributed by atoms with E-state index in [4.69, 9.17) is 4.74 Å². The van der Waals surface area contributed by atoms with Crippen LogP contribution in [-0.2, 0) is 32.6 Å². The first kappa shape index (κ1) is 29.7. The molecule has 0 aromatic heterocycles. The van der Waals surface area contributed by atoms with E-state index in [0.29, 0.717) is 17.9 Å². The van der Waals surface area contributed by atoms with Gasteiger partial charge in [-0.3, -0.25) is 13.9 Å². The third kappa shape index (κ3) is 8.32. The van der Waals surface area contributed by atoms with E-state index in [-0.39, 0.29) is 37.7 Å². The van der Waals surface area contributed by atoms with Crippen molar-refractivity contribution < 1.29 is 22.7 Å². The van der Waals surface area contributed by atoms with Crippen LogP contribution in [0.2, 0.25) is 0 Å². The molecular formula is C30H37N3O5S. The number of anilines is 1. The van der Waals surface area contributed by atoms with Crippen LogP contribution in [-0.4, -0.2) is 58.1 Å². The number of carbonyl (C=O) groups is 2. The second-order valence-corrected chi connectivity index (χ2v) is 11.3. The highest BCUT2D eigenvalue weighted by Crippen LogP contribution is 2.23. The fourth-order valence-electron chi connectivity index (χ4n) is 4.44. The van der Waals surface area contributed by atoms with Gasteiger partial charge >= 0.3 is 0 Å². The van der Waals surface area contributed by atoms with Crippen LogP contribution in [0.3, 0.4) is 0 Å². The maximum atomic E-state index is 13.7. The average molecular weight is 552 g/mol. The van der Waals surface area contributed by atoms with Crippen LogP contribution < -0.4 is 14.4 Å². The van der Waals surface area contributed by atoms with Gasteiger partial charge in [-0.25, -0.2) is 8.42 Å². The molecule has 0 saturated heterocycles. The number of nitrogens with one attached hydrogen (secondary N) is 1. The van der Waals surface area contributed by atoms with E-state index in [1.807, 2.05) is 61.5 Å². The highest BCUT2D eigenvalue weighted by molar-refractivity contribution is 7.92. The van der Waals surface area contributed by atoms with Gasteiger partial charge in [-0.15, -0.1) is 0 Å². The topological polar surface area (TPSA) is 96.0 Å². The molecule has 39 heavy (non-hydrogen) atoms. The van der Waals surface area contributed by atoms with Gasteiger partial charge in [0.1, 0.15) is 11.8 Å². The predicted octanol–water partition coefficient (Wildman–Crippen LogP) is 3.94. The number of nitrogens with zero attached hydrogens (tertiary/aromatic N) is 2. The Morgan fingerprint density at radius 2 is 1.59 bits per heavy atom. The van der Waals surface area contributed by atoms with Gasteiger partial charge in [0, 0.05) is 33.0 Å². The Hall–Kier alpha value is -3.85. The number of likely N-dealkylation sites (N-methyl/N-ethyl adjacent to an activating group) is 1. The van der Waals surface area contributed by atoms with E-state index in [0.717, 1.165) is 22.9 Å². The molecule has 8 nitrogen and oxygen atoms in total. The lowest BCUT2D eigenvalue weighted by molar-refractivity contribution is -0.141. The SMILES string of the molecule is CNC(=O)C(Cc1ccccc1)N(Cc1ccccc1C)C(=O)CCCN(c1ccc(OC)cc1)S(C)(=O)=O. The number of amides is 2. The summed E-state index contributed by atoms with van der Waals surface area (Å²) in [5, 5.41) is 2.72. The molecule has 3 aromatic rings. The summed E-state index contributed by atoms with van der Waals surface area (Å²) in [6, 6.07) is 23.4. The summed E-state index contributed by atoms with van der Waals surface area (Å²) in [4.78, 5) is 28.4. The molecule has 1 unspecified atom stereocenters. The number of rotatable bonds is 13. The van der Waals surface area contributed by atoms with Crippen LogP contribution in [0.1, 0.15) is 29.5 Å². The Labute approximate surface area is 231 Å². The van der Waals surface area contributed by atoms with E-state index in [9.17, 15) is 18.0 Å². The lowest BCUT2D eigenvalue weighted by atomic mass is 10.0. The molecule has 1 N–H and O–H groups in total. The summed E-state index contributed by atoms with van der Waals surface area (Å²) in [6.45, 7) is 2.37. The number of hydrogen-bond acceptors (Lipinski definition) is 5. The zero-order valence-electron chi connectivity index (χ0n) is 23.0. The van der Waals surface area contributed by atoms with E-state index in [1.54, 1.807) is 43.3 Å². The number of hydrogen-bond donors (Lipinski definition) is 1. The third-order valence-electron chi connectivity index (χ3n) is 6.63. The molecule has 9 heteroatoms. The van der Waals surface area contributed by atoms with Crippen molar-refractivity contribution in [1.29, 1.82) is 0 Å². The van der Waals surface area contributed by atoms with E-state index in [1.165, 1.54) is 4.31 Å². The van der Waals surface area contributed by atoms with Crippen LogP contribution >= 0.6 is 0 Å². The number of ether oxygens (including phenoxy) is 1. The molecule has 0 aliphatic rings. The van der Waals surface area contributed by atoms with Gasteiger partial charge < -0.3 is 15.0 Å². The van der Waals surface area contributed by atoms with Crippen LogP contribution in [0.25, 0.3) is 0 Å². The number of methoxy groups -OCH3 is 1. The van der Waals surface area contributed by atoms with Gasteiger partial charge in [0.15, 0.2) is 0 Å². The first-order chi connectivity index (χ1) is 18.6. The van der Waals surface area contributed by atoms with Crippen molar-refractivity contribution in [1.82, 2.24) is 10.2 Å². The van der Waals surface area contributed by atoms with Crippen LogP contribution in [0.5, 0.6) is 5.75 Å². The summed E-state index contributed by atoms with van der Waals surface area (Å²) in [5.41, 5.74) is 3.41. The molecular weight excluding hydrogens is 514 g/mol. The smallest absolute Gasteiger partial charge is 0.242 e. The normalized spacial score (nSPS) is 11.9. The predicted molar refractivity (Wildman–Crippen MR) is 154 cm³/mol. The molecule has 2 amide bonds. The molecule has 0 spiro atoms. The van der Waals surface area contributed by atoms with Gasteiger partial charge in [0.05, 0.1) is 19.1 Å². The van der Waals surface area contributed by atoms with Crippen molar-refractivity contribution in [3.63, 3.8) is 0 Å². The second kappa shape index (κ2) is 13.8. The van der Waals surface area contributed by atoms with E-state index >= 15 is 0 Å². The molecule has 0 fully saturated rings. The summed E-state index contributed by atoms with van der Waals surface area (Å²) in [7, 11) is -0.473. The minimum Gasteiger partial charge on any atom is -0.497 e. The maximum absolute atomic E-state index is 13.7. The molecule has 0 radical (unpaired) electrons. The van der Waals surface area contributed by atoms with Crippen molar-refractivity contribution in [2.24, 2.45) is 0 Å². The Morgan fingerprint density at radius 1 is 0.949 bits per heavy atom. The van der Waals surface area contributed by atoms with E-state index in [2.05, 4.69) is 5.32 Å². The molecule has 0 aliphatic carbocycles. The van der Waals surface area contributed by atoms with Crippen LogP contribution in [0.4, 0.5) is 5.69 Å². The molecule has 3 aromatic carbocycles. The van der Waals surface area contributed by atoms with Gasteiger partial charge in [-0.1, -0.05) is 54.6 Å². The van der Waals surface area contributed by atoms with Gasteiger partial charge in [0.2, 0.25) is 21.8 Å². The van der Waals surface area contributed by atoms with Crippen molar-refractivity contribution >= 4 is 27.5 Å². The molecule has 0 aliphatic heterocycles. The van der Waals surface area contributed by atoms with Crippen molar-refractivity contribution in [2.75, 3.05) is 31.3 Å². The standard InChI is InChI=1S/C30H37N3O5S/c1-23-11-8-9-14-25(23)22-32(28(30(35)31-2)21-24-12-6-5-7-13-24)29(34)15-10-20-33(39(4,36)37)26-16-18-27(38-3)19-17-26/h5-9,11-14,16-19,28H,10,15,20-22H2,1-4H3,(H,31,35). The number of benzene rings is 3. The monoisotopic (exact) mass is 551 g/mol. The summed E-state index contributed by atoms with van der Waals surface area (Å²) in [5.74, 6) is 0.149. The van der Waals surface area contributed by atoms with Gasteiger partial charge in [0.25, 0.3) is 0 Å². The largest absolute Gasteiger partial charge is 0.497 e. The fraction of sp³-hybridized carbons (Fsp3) is 0.333. The molecule has 3 rings (SSSR count). The molecule has 1 atom stereocenters. The zero-order valence-corrected chi connectivity index (χ0v) is 23.8. The van der Waals surface area contributed by atoms with Crippen LogP contribution in [0.15, 0.2) is 78.9 Å². The third-order valence-corrected chi connectivity index (χ3v) is 7.83. The number of sulfonamides is 1. The molecule has 0 saturated carbocycles. The Bertz CT molecular complexity index is 1340. The number of aryl methyl sites for hydroxylation is 1. The zero-order chi connectivity index (χ0) is 28.4. The fourth-order valence-corrected chi connectivity index (χ4v) is 5.41.